The molecule has 0 saturated heterocycles. The molecule has 2 amide bonds. The molecule has 0 spiro atoms. The van der Waals surface area contributed by atoms with Gasteiger partial charge in [0.2, 0.25) is 0 Å². The van der Waals surface area contributed by atoms with Gasteiger partial charge in [0.25, 0.3) is 11.8 Å². The van der Waals surface area contributed by atoms with Crippen molar-refractivity contribution in [2.75, 3.05) is 18.0 Å². The van der Waals surface area contributed by atoms with Crippen LogP contribution in [0.3, 0.4) is 0 Å². The molecule has 0 saturated carbocycles. The molecule has 4 rings (SSSR count). The van der Waals surface area contributed by atoms with Crippen molar-refractivity contribution in [1.29, 1.82) is 0 Å². The van der Waals surface area contributed by atoms with E-state index in [9.17, 15) is 9.59 Å². The van der Waals surface area contributed by atoms with E-state index >= 15 is 0 Å². The zero-order valence-corrected chi connectivity index (χ0v) is 19.5. The fourth-order valence-corrected chi connectivity index (χ4v) is 4.84. The van der Waals surface area contributed by atoms with Gasteiger partial charge in [-0.1, -0.05) is 81.0 Å². The number of nitrogens with zero attached hydrogens (tertiary/aromatic N) is 2. The molecule has 0 bridgehead atoms. The Hall–Kier alpha value is -2.59. The number of benzene rings is 2. The average molecular weight is 451 g/mol. The van der Waals surface area contributed by atoms with E-state index in [0.717, 1.165) is 49.9 Å². The molecule has 2 aliphatic heterocycles. The molecular weight excluding hydrogens is 420 g/mol. The molecule has 0 radical (unpaired) electrons. The molecule has 0 aliphatic carbocycles. The fourth-order valence-electron chi connectivity index (χ4n) is 4.71. The fraction of sp³-hybridized carbons (Fsp3) is 0.407. The highest BCUT2D eigenvalue weighted by Gasteiger charge is 2.42. The quantitative estimate of drug-likeness (QED) is 0.335. The molecule has 0 N–H and O–H groups in total. The van der Waals surface area contributed by atoms with Crippen molar-refractivity contribution in [3.05, 3.63) is 70.4 Å². The summed E-state index contributed by atoms with van der Waals surface area (Å²) in [4.78, 5) is 30.7. The van der Waals surface area contributed by atoms with Crippen molar-refractivity contribution < 1.29 is 9.59 Å². The van der Waals surface area contributed by atoms with Crippen LogP contribution in [-0.4, -0.2) is 29.8 Å². The Morgan fingerprint density at radius 1 is 0.875 bits per heavy atom. The number of carbonyl (C=O) groups is 2. The van der Waals surface area contributed by atoms with Gasteiger partial charge in [-0.25, -0.2) is 0 Å². The number of anilines is 1. The summed E-state index contributed by atoms with van der Waals surface area (Å²) in [5.41, 5.74) is 4.00. The van der Waals surface area contributed by atoms with Crippen molar-refractivity contribution >= 4 is 34.7 Å². The second-order valence-corrected chi connectivity index (χ2v) is 9.08. The van der Waals surface area contributed by atoms with E-state index in [1.807, 2.05) is 24.3 Å². The molecule has 4 nitrogen and oxygen atoms in total. The Kier molecular flexibility index (Phi) is 7.31. The standard InChI is InChI=1S/C27H31ClN2O2/c1-2-3-4-5-6-9-18-30-26(31)24(21-14-16-22(28)17-15-21)25(27(30)32)29-19-10-12-20-11-7-8-13-23(20)29/h7-8,11,13-17H,2-6,9-10,12,18-19H2,1H3. The Morgan fingerprint density at radius 3 is 2.38 bits per heavy atom. The minimum absolute atomic E-state index is 0.176. The second-order valence-electron chi connectivity index (χ2n) is 8.64. The summed E-state index contributed by atoms with van der Waals surface area (Å²) in [6.45, 7) is 3.40. The number of rotatable bonds is 9. The summed E-state index contributed by atoms with van der Waals surface area (Å²) in [6, 6.07) is 15.4. The van der Waals surface area contributed by atoms with Gasteiger partial charge in [-0.2, -0.15) is 0 Å². The molecular formula is C27H31ClN2O2. The maximum absolute atomic E-state index is 13.6. The summed E-state index contributed by atoms with van der Waals surface area (Å²) in [5, 5.41) is 0.611. The molecule has 5 heteroatoms. The van der Waals surface area contributed by atoms with Gasteiger partial charge in [0, 0.05) is 23.8 Å². The lowest BCUT2D eigenvalue weighted by atomic mass is 9.98. The van der Waals surface area contributed by atoms with Crippen molar-refractivity contribution in [3.8, 4) is 0 Å². The van der Waals surface area contributed by atoms with Gasteiger partial charge in [-0.3, -0.25) is 14.5 Å². The monoisotopic (exact) mass is 450 g/mol. The molecule has 168 valence electrons. The van der Waals surface area contributed by atoms with E-state index in [4.69, 9.17) is 11.6 Å². The van der Waals surface area contributed by atoms with Crippen LogP contribution in [0.1, 0.15) is 63.0 Å². The number of amides is 2. The largest absolute Gasteiger partial charge is 0.336 e. The highest BCUT2D eigenvalue weighted by atomic mass is 35.5. The molecule has 2 heterocycles. The van der Waals surface area contributed by atoms with E-state index in [2.05, 4.69) is 24.0 Å². The van der Waals surface area contributed by atoms with Crippen molar-refractivity contribution in [3.63, 3.8) is 0 Å². The van der Waals surface area contributed by atoms with E-state index in [1.54, 1.807) is 12.1 Å². The number of carbonyl (C=O) groups excluding carboxylic acids is 2. The Balaban J connectivity index is 1.65. The third-order valence-corrected chi connectivity index (χ3v) is 6.64. The molecule has 0 aromatic heterocycles. The van der Waals surface area contributed by atoms with Crippen LogP contribution >= 0.6 is 11.6 Å². The van der Waals surface area contributed by atoms with E-state index in [1.165, 1.54) is 29.7 Å². The van der Waals surface area contributed by atoms with Crippen LogP contribution in [0.2, 0.25) is 5.02 Å². The molecule has 0 fully saturated rings. The Labute approximate surface area is 195 Å². The van der Waals surface area contributed by atoms with Crippen LogP contribution < -0.4 is 4.90 Å². The number of para-hydroxylation sites is 1. The predicted octanol–water partition coefficient (Wildman–Crippen LogP) is 6.23. The number of fused-ring (bicyclic) bond motifs is 1. The zero-order chi connectivity index (χ0) is 22.5. The van der Waals surface area contributed by atoms with Gasteiger partial charge in [-0.05, 0) is 48.6 Å². The normalized spacial score (nSPS) is 16.2. The van der Waals surface area contributed by atoms with Crippen molar-refractivity contribution in [2.45, 2.75) is 58.3 Å². The molecule has 2 aromatic carbocycles. The maximum Gasteiger partial charge on any atom is 0.278 e. The first-order valence-electron chi connectivity index (χ1n) is 11.8. The number of hydrogen-bond donors (Lipinski definition) is 0. The first-order chi connectivity index (χ1) is 15.6. The minimum atomic E-state index is -0.191. The van der Waals surface area contributed by atoms with Crippen molar-refractivity contribution in [2.24, 2.45) is 0 Å². The number of halogens is 1. The molecule has 0 atom stereocenters. The first-order valence-corrected chi connectivity index (χ1v) is 12.2. The lowest BCUT2D eigenvalue weighted by Crippen LogP contribution is -2.37. The average Bonchev–Trinajstić information content (AvgIpc) is 3.06. The first kappa shape index (κ1) is 22.6. The maximum atomic E-state index is 13.6. The van der Waals surface area contributed by atoms with Crippen LogP contribution in [0.5, 0.6) is 0 Å². The molecule has 0 unspecified atom stereocenters. The van der Waals surface area contributed by atoms with Gasteiger partial charge in [0.15, 0.2) is 0 Å². The van der Waals surface area contributed by atoms with E-state index in [-0.39, 0.29) is 11.8 Å². The van der Waals surface area contributed by atoms with Crippen LogP contribution in [-0.2, 0) is 16.0 Å². The van der Waals surface area contributed by atoms with Gasteiger partial charge in [0.05, 0.1) is 5.57 Å². The predicted molar refractivity (Wildman–Crippen MR) is 131 cm³/mol. The SMILES string of the molecule is CCCCCCCCN1C(=O)C(c2ccc(Cl)cc2)=C(N2CCCc3ccccc32)C1=O. The Morgan fingerprint density at radius 2 is 1.59 bits per heavy atom. The summed E-state index contributed by atoms with van der Waals surface area (Å²) < 4.78 is 0. The minimum Gasteiger partial charge on any atom is -0.336 e. The summed E-state index contributed by atoms with van der Waals surface area (Å²) in [6.07, 6.45) is 8.62. The van der Waals surface area contributed by atoms with Gasteiger partial charge in [-0.15, -0.1) is 0 Å². The lowest BCUT2D eigenvalue weighted by Gasteiger charge is -2.32. The van der Waals surface area contributed by atoms with E-state index in [0.29, 0.717) is 22.8 Å². The molecule has 2 aliphatic rings. The summed E-state index contributed by atoms with van der Waals surface area (Å²) in [5.74, 6) is -0.367. The third-order valence-electron chi connectivity index (χ3n) is 6.39. The Bertz CT molecular complexity index is 1010. The van der Waals surface area contributed by atoms with Crippen molar-refractivity contribution in [1.82, 2.24) is 4.90 Å². The summed E-state index contributed by atoms with van der Waals surface area (Å²) in [7, 11) is 0. The van der Waals surface area contributed by atoms with Crippen LogP contribution in [0.25, 0.3) is 5.57 Å². The van der Waals surface area contributed by atoms with Gasteiger partial charge >= 0.3 is 0 Å². The number of hydrogen-bond acceptors (Lipinski definition) is 3. The summed E-state index contributed by atoms with van der Waals surface area (Å²) >= 11 is 6.10. The topological polar surface area (TPSA) is 40.6 Å². The highest BCUT2D eigenvalue weighted by Crippen LogP contribution is 2.38. The number of imide groups is 1. The van der Waals surface area contributed by atoms with Crippen LogP contribution in [0, 0.1) is 0 Å². The third kappa shape index (κ3) is 4.61. The van der Waals surface area contributed by atoms with Gasteiger partial charge < -0.3 is 4.90 Å². The highest BCUT2D eigenvalue weighted by molar-refractivity contribution is 6.37. The van der Waals surface area contributed by atoms with E-state index < -0.39 is 0 Å². The van der Waals surface area contributed by atoms with Gasteiger partial charge in [0.1, 0.15) is 5.70 Å². The zero-order valence-electron chi connectivity index (χ0n) is 18.8. The molecule has 32 heavy (non-hydrogen) atoms. The number of unbranched alkanes of at least 4 members (excludes halogenated alkanes) is 5. The smallest absolute Gasteiger partial charge is 0.278 e. The molecule has 2 aromatic rings. The van der Waals surface area contributed by atoms with Crippen LogP contribution in [0.15, 0.2) is 54.2 Å². The lowest BCUT2D eigenvalue weighted by molar-refractivity contribution is -0.137. The second kappa shape index (κ2) is 10.4. The van der Waals surface area contributed by atoms with Crippen LogP contribution in [0.4, 0.5) is 5.69 Å². The number of aryl methyl sites for hydroxylation is 1.